The van der Waals surface area contributed by atoms with Gasteiger partial charge in [0, 0.05) is 29.4 Å². The quantitative estimate of drug-likeness (QED) is 0.707. The molecule has 1 atom stereocenters. The van der Waals surface area contributed by atoms with E-state index in [9.17, 15) is 4.79 Å². The van der Waals surface area contributed by atoms with Crippen molar-refractivity contribution >= 4 is 34.5 Å². The van der Waals surface area contributed by atoms with Crippen LogP contribution in [0.2, 0.25) is 0 Å². The van der Waals surface area contributed by atoms with Gasteiger partial charge in [-0.1, -0.05) is 0 Å². The predicted octanol–water partition coefficient (Wildman–Crippen LogP) is 3.52. The number of nitrogens with zero attached hydrogens (tertiary/aromatic N) is 3. The van der Waals surface area contributed by atoms with Crippen LogP contribution in [0.5, 0.6) is 0 Å². The minimum atomic E-state index is -0.458. The third-order valence-corrected chi connectivity index (χ3v) is 4.25. The molecule has 1 fully saturated rings. The summed E-state index contributed by atoms with van der Waals surface area (Å²) in [6, 6.07) is 4.27. The van der Waals surface area contributed by atoms with Gasteiger partial charge in [0.15, 0.2) is 0 Å². The van der Waals surface area contributed by atoms with Gasteiger partial charge in [-0.15, -0.1) is 0 Å². The molecule has 2 heterocycles. The van der Waals surface area contributed by atoms with Crippen molar-refractivity contribution in [2.24, 2.45) is 0 Å². The molecule has 0 aromatic carbocycles. The van der Waals surface area contributed by atoms with Crippen molar-refractivity contribution in [2.45, 2.75) is 45.8 Å². The van der Waals surface area contributed by atoms with E-state index in [0.717, 1.165) is 28.9 Å². The molecule has 2 rings (SSSR count). The van der Waals surface area contributed by atoms with Gasteiger partial charge < -0.3 is 14.5 Å². The van der Waals surface area contributed by atoms with Crippen LogP contribution in [0.4, 0.5) is 10.6 Å². The number of ether oxygens (including phenoxy) is 1. The first-order valence-electron chi connectivity index (χ1n) is 7.66. The Morgan fingerprint density at radius 1 is 1.50 bits per heavy atom. The molecule has 1 aromatic heterocycles. The average Bonchev–Trinajstić information content (AvgIpc) is 2.88. The van der Waals surface area contributed by atoms with Crippen molar-refractivity contribution < 1.29 is 9.53 Å². The molecule has 0 spiro atoms. The summed E-state index contributed by atoms with van der Waals surface area (Å²) < 4.78 is 6.64. The second-order valence-electron chi connectivity index (χ2n) is 6.49. The molecule has 0 unspecified atom stereocenters. The first-order chi connectivity index (χ1) is 10.3. The van der Waals surface area contributed by atoms with Crippen LogP contribution in [0.3, 0.4) is 0 Å². The van der Waals surface area contributed by atoms with Gasteiger partial charge in [0.2, 0.25) is 0 Å². The third-order valence-electron chi connectivity index (χ3n) is 3.61. The molecular formula is C16H24IN3O2. The number of aromatic nitrogens is 1. The van der Waals surface area contributed by atoms with Crippen LogP contribution in [-0.4, -0.2) is 47.3 Å². The van der Waals surface area contributed by atoms with Crippen LogP contribution in [0, 0.1) is 3.57 Å². The number of hydrogen-bond donors (Lipinski definition) is 0. The maximum absolute atomic E-state index is 12.3. The lowest BCUT2D eigenvalue weighted by Crippen LogP contribution is -2.44. The Kier molecular flexibility index (Phi) is 5.52. The highest BCUT2D eigenvalue weighted by molar-refractivity contribution is 14.1. The molecule has 1 amide bonds. The molecule has 0 saturated carbocycles. The standard InChI is InChI=1S/C16H24IN3O2/c1-5-20(15(21)22-16(2,3)4)13-8-9-19(11-13)14-7-6-12(17)10-18-14/h6-7,10,13H,5,8-9,11H2,1-4H3/t13-/m1/s1. The van der Waals surface area contributed by atoms with Gasteiger partial charge in [-0.05, 0) is 68.8 Å². The van der Waals surface area contributed by atoms with Gasteiger partial charge in [-0.2, -0.15) is 0 Å². The molecule has 0 N–H and O–H groups in total. The lowest BCUT2D eigenvalue weighted by molar-refractivity contribution is 0.0191. The van der Waals surface area contributed by atoms with Crippen molar-refractivity contribution in [3.8, 4) is 0 Å². The highest BCUT2D eigenvalue weighted by atomic mass is 127. The SMILES string of the molecule is CCN(C(=O)OC(C)(C)C)[C@@H]1CCN(c2ccc(I)cn2)C1. The third kappa shape index (κ3) is 4.47. The van der Waals surface area contributed by atoms with Gasteiger partial charge in [-0.25, -0.2) is 9.78 Å². The van der Waals surface area contributed by atoms with Crippen LogP contribution < -0.4 is 4.90 Å². The molecular weight excluding hydrogens is 393 g/mol. The van der Waals surface area contributed by atoms with Crippen molar-refractivity contribution in [3.05, 3.63) is 21.9 Å². The molecule has 6 heteroatoms. The summed E-state index contributed by atoms with van der Waals surface area (Å²) in [5.41, 5.74) is -0.458. The van der Waals surface area contributed by atoms with E-state index < -0.39 is 5.60 Å². The van der Waals surface area contributed by atoms with E-state index >= 15 is 0 Å². The number of halogens is 1. The minimum Gasteiger partial charge on any atom is -0.444 e. The van der Waals surface area contributed by atoms with Crippen LogP contribution in [0.25, 0.3) is 0 Å². The summed E-state index contributed by atoms with van der Waals surface area (Å²) in [7, 11) is 0. The lowest BCUT2D eigenvalue weighted by Gasteiger charge is -2.30. The summed E-state index contributed by atoms with van der Waals surface area (Å²) in [6.45, 7) is 10.1. The molecule has 0 radical (unpaired) electrons. The van der Waals surface area contributed by atoms with E-state index in [0.29, 0.717) is 6.54 Å². The summed E-state index contributed by atoms with van der Waals surface area (Å²) in [5.74, 6) is 0.975. The Balaban J connectivity index is 2.01. The average molecular weight is 417 g/mol. The fraction of sp³-hybridized carbons (Fsp3) is 0.625. The summed E-state index contributed by atoms with van der Waals surface area (Å²) in [5, 5.41) is 0. The van der Waals surface area contributed by atoms with Crippen molar-refractivity contribution in [3.63, 3.8) is 0 Å². The number of hydrogen-bond acceptors (Lipinski definition) is 4. The fourth-order valence-corrected chi connectivity index (χ4v) is 2.94. The van der Waals surface area contributed by atoms with Crippen molar-refractivity contribution in [1.82, 2.24) is 9.88 Å². The predicted molar refractivity (Wildman–Crippen MR) is 96.2 cm³/mol. The van der Waals surface area contributed by atoms with Gasteiger partial charge in [0.05, 0.1) is 6.04 Å². The van der Waals surface area contributed by atoms with Gasteiger partial charge >= 0.3 is 6.09 Å². The van der Waals surface area contributed by atoms with Crippen molar-refractivity contribution in [1.29, 1.82) is 0 Å². The largest absolute Gasteiger partial charge is 0.444 e. The Hall–Kier alpha value is -1.05. The number of likely N-dealkylation sites (N-methyl/N-ethyl adjacent to an activating group) is 1. The smallest absolute Gasteiger partial charge is 0.410 e. The van der Waals surface area contributed by atoms with E-state index in [1.54, 1.807) is 0 Å². The Bertz CT molecular complexity index is 513. The molecule has 122 valence electrons. The van der Waals surface area contributed by atoms with E-state index in [1.165, 1.54) is 0 Å². The number of rotatable bonds is 3. The fourth-order valence-electron chi connectivity index (χ4n) is 2.62. The summed E-state index contributed by atoms with van der Waals surface area (Å²) in [6.07, 6.45) is 2.59. The molecule has 22 heavy (non-hydrogen) atoms. The zero-order valence-electron chi connectivity index (χ0n) is 13.7. The summed E-state index contributed by atoms with van der Waals surface area (Å²) >= 11 is 2.25. The number of carbonyl (C=O) groups excluding carboxylic acids is 1. The molecule has 0 bridgehead atoms. The van der Waals surface area contributed by atoms with E-state index in [2.05, 4.69) is 38.5 Å². The number of pyridine rings is 1. The monoisotopic (exact) mass is 417 g/mol. The lowest BCUT2D eigenvalue weighted by atomic mass is 10.2. The Morgan fingerprint density at radius 2 is 2.23 bits per heavy atom. The first-order valence-corrected chi connectivity index (χ1v) is 8.74. The van der Waals surface area contributed by atoms with Gasteiger partial charge in [0.1, 0.15) is 11.4 Å². The highest BCUT2D eigenvalue weighted by Crippen LogP contribution is 2.23. The molecule has 0 aliphatic carbocycles. The van der Waals surface area contributed by atoms with Crippen molar-refractivity contribution in [2.75, 3.05) is 24.5 Å². The molecule has 1 aromatic rings. The molecule has 1 aliphatic rings. The number of amides is 1. The first kappa shape index (κ1) is 17.3. The zero-order valence-corrected chi connectivity index (χ0v) is 15.8. The van der Waals surface area contributed by atoms with E-state index in [1.807, 2.05) is 44.9 Å². The zero-order chi connectivity index (χ0) is 16.3. The molecule has 1 aliphatic heterocycles. The maximum atomic E-state index is 12.3. The highest BCUT2D eigenvalue weighted by Gasteiger charge is 2.32. The second-order valence-corrected chi connectivity index (χ2v) is 7.74. The van der Waals surface area contributed by atoms with Crippen LogP contribution in [0.15, 0.2) is 18.3 Å². The molecule has 1 saturated heterocycles. The summed E-state index contributed by atoms with van der Waals surface area (Å²) in [4.78, 5) is 20.9. The van der Waals surface area contributed by atoms with E-state index in [4.69, 9.17) is 4.74 Å². The Morgan fingerprint density at radius 3 is 2.77 bits per heavy atom. The maximum Gasteiger partial charge on any atom is 0.410 e. The van der Waals surface area contributed by atoms with Crippen LogP contribution in [-0.2, 0) is 4.74 Å². The minimum absolute atomic E-state index is 0.181. The Labute approximate surface area is 146 Å². The number of carbonyl (C=O) groups is 1. The second kappa shape index (κ2) is 7.02. The van der Waals surface area contributed by atoms with Gasteiger partial charge in [-0.3, -0.25) is 0 Å². The van der Waals surface area contributed by atoms with Gasteiger partial charge in [0.25, 0.3) is 0 Å². The van der Waals surface area contributed by atoms with Crippen LogP contribution in [0.1, 0.15) is 34.1 Å². The number of anilines is 1. The molecule has 5 nitrogen and oxygen atoms in total. The normalized spacial score (nSPS) is 18.4. The van der Waals surface area contributed by atoms with Crippen LogP contribution >= 0.6 is 22.6 Å². The van der Waals surface area contributed by atoms with E-state index in [-0.39, 0.29) is 12.1 Å². The topological polar surface area (TPSA) is 45.7 Å².